The number of anilines is 1. The maximum Gasteiger partial charge on any atom is 0.252 e. The van der Waals surface area contributed by atoms with Crippen molar-refractivity contribution >= 4 is 23.4 Å². The van der Waals surface area contributed by atoms with E-state index in [9.17, 15) is 14.4 Å². The van der Waals surface area contributed by atoms with Crippen LogP contribution < -0.4 is 25.8 Å². The predicted octanol–water partition coefficient (Wildman–Crippen LogP) is 5.15. The molecule has 0 aliphatic rings. The number of rotatable bonds is 12. The summed E-state index contributed by atoms with van der Waals surface area (Å²) in [5.74, 6) is -0.391. The lowest BCUT2D eigenvalue weighted by Gasteiger charge is -2.25. The number of ether oxygens (including phenoxy) is 2. The van der Waals surface area contributed by atoms with Crippen LogP contribution in [0.5, 0.6) is 11.5 Å². The monoisotopic (exact) mass is 511 g/mol. The average molecular weight is 512 g/mol. The lowest BCUT2D eigenvalue weighted by molar-refractivity contribution is -0.116. The van der Waals surface area contributed by atoms with Gasteiger partial charge in [-0.1, -0.05) is 53.0 Å². The molecule has 0 aliphatic heterocycles. The third kappa shape index (κ3) is 7.71. The molecule has 0 aromatic heterocycles. The number of amides is 3. The fourth-order valence-electron chi connectivity index (χ4n) is 4.46. The third-order valence-electron chi connectivity index (χ3n) is 6.44. The second-order valence-electron chi connectivity index (χ2n) is 10.2. The van der Waals surface area contributed by atoms with E-state index >= 15 is 0 Å². The Morgan fingerprint density at radius 2 is 1.68 bits per heavy atom. The third-order valence-corrected chi connectivity index (χ3v) is 6.44. The van der Waals surface area contributed by atoms with Gasteiger partial charge in [0.25, 0.3) is 11.8 Å². The van der Waals surface area contributed by atoms with E-state index in [0.717, 1.165) is 36.8 Å². The van der Waals surface area contributed by atoms with Crippen molar-refractivity contribution in [2.45, 2.75) is 71.1 Å². The van der Waals surface area contributed by atoms with E-state index in [1.807, 2.05) is 6.07 Å². The van der Waals surface area contributed by atoms with Crippen molar-refractivity contribution in [3.8, 4) is 11.5 Å². The molecule has 0 spiro atoms. The second kappa shape index (κ2) is 13.1. The van der Waals surface area contributed by atoms with Gasteiger partial charge in [0.2, 0.25) is 5.91 Å². The molecule has 0 fully saturated rings. The number of methoxy groups -OCH3 is 2. The summed E-state index contributed by atoms with van der Waals surface area (Å²) < 4.78 is 11.0. The van der Waals surface area contributed by atoms with E-state index in [2.05, 4.69) is 38.3 Å². The zero-order chi connectivity index (χ0) is 27.8. The molecule has 8 heteroatoms. The zero-order valence-corrected chi connectivity index (χ0v) is 23.1. The number of carbonyl (C=O) groups is 3. The van der Waals surface area contributed by atoms with Crippen LogP contribution in [-0.4, -0.2) is 39.0 Å². The Morgan fingerprint density at radius 1 is 1.00 bits per heavy atom. The van der Waals surface area contributed by atoms with Crippen molar-refractivity contribution in [1.82, 2.24) is 5.32 Å². The van der Waals surface area contributed by atoms with Crippen molar-refractivity contribution < 1.29 is 23.9 Å². The summed E-state index contributed by atoms with van der Waals surface area (Å²) >= 11 is 0. The highest BCUT2D eigenvalue weighted by Crippen LogP contribution is 2.38. The number of nitrogens with one attached hydrogen (secondary N) is 2. The molecule has 2 rings (SSSR count). The molecule has 202 valence electrons. The lowest BCUT2D eigenvalue weighted by Crippen LogP contribution is -2.23. The molecule has 0 bridgehead atoms. The van der Waals surface area contributed by atoms with Gasteiger partial charge in [0, 0.05) is 30.8 Å². The molecule has 8 nitrogen and oxygen atoms in total. The smallest absolute Gasteiger partial charge is 0.252 e. The average Bonchev–Trinajstić information content (AvgIpc) is 2.85. The fraction of sp³-hybridized carbons (Fsp3) is 0.483. The van der Waals surface area contributed by atoms with Crippen molar-refractivity contribution in [2.75, 3.05) is 26.6 Å². The van der Waals surface area contributed by atoms with Gasteiger partial charge in [0.1, 0.15) is 11.5 Å². The summed E-state index contributed by atoms with van der Waals surface area (Å²) in [6, 6.07) is 8.67. The second-order valence-corrected chi connectivity index (χ2v) is 10.2. The van der Waals surface area contributed by atoms with Gasteiger partial charge >= 0.3 is 0 Å². The number of hydrogen-bond donors (Lipinski definition) is 3. The molecule has 2 aromatic carbocycles. The molecule has 0 heterocycles. The molecule has 37 heavy (non-hydrogen) atoms. The first-order valence-corrected chi connectivity index (χ1v) is 12.7. The molecule has 1 atom stereocenters. The van der Waals surface area contributed by atoms with Gasteiger partial charge < -0.3 is 25.8 Å². The maximum atomic E-state index is 13.4. The van der Waals surface area contributed by atoms with E-state index in [1.165, 1.54) is 7.11 Å². The Labute approximate surface area is 220 Å². The van der Waals surface area contributed by atoms with Crippen LogP contribution in [-0.2, 0) is 10.2 Å². The Hall–Kier alpha value is -3.55. The highest BCUT2D eigenvalue weighted by atomic mass is 16.5. The number of carbonyl (C=O) groups excluding carboxylic acids is 3. The summed E-state index contributed by atoms with van der Waals surface area (Å²) in [7, 11) is 4.58. The predicted molar refractivity (Wildman–Crippen MR) is 147 cm³/mol. The highest BCUT2D eigenvalue weighted by Gasteiger charge is 2.25. The molecule has 0 saturated heterocycles. The topological polar surface area (TPSA) is 120 Å². The van der Waals surface area contributed by atoms with Crippen LogP contribution in [0.15, 0.2) is 30.3 Å². The van der Waals surface area contributed by atoms with Gasteiger partial charge in [-0.2, -0.15) is 0 Å². The molecule has 4 N–H and O–H groups in total. The maximum absolute atomic E-state index is 13.4. The van der Waals surface area contributed by atoms with Crippen LogP contribution in [0.25, 0.3) is 0 Å². The standard InChI is InChI=1S/C29H41N3O5/c1-8-9-10-11-18(20-16-21(27(30)34)25(37-7)17-24(20)36-6)15-26(33)32-23-14-19(28(35)31-5)12-13-22(23)29(2,3)4/h12-14,16-18H,8-11,15H2,1-7H3,(H2,30,34)(H,31,35)(H,32,33). The van der Waals surface area contributed by atoms with E-state index < -0.39 is 5.91 Å². The number of benzene rings is 2. The minimum atomic E-state index is -0.613. The Bertz CT molecular complexity index is 1120. The summed E-state index contributed by atoms with van der Waals surface area (Å²) in [4.78, 5) is 37.8. The van der Waals surface area contributed by atoms with E-state index in [-0.39, 0.29) is 35.1 Å². The number of nitrogens with two attached hydrogens (primary N) is 1. The first-order chi connectivity index (χ1) is 17.5. The molecule has 0 radical (unpaired) electrons. The SMILES string of the molecule is CCCCCC(CC(=O)Nc1cc(C(=O)NC)ccc1C(C)(C)C)c1cc(C(N)=O)c(OC)cc1OC. The molecule has 1 unspecified atom stereocenters. The van der Waals surface area contributed by atoms with Crippen molar-refractivity contribution in [1.29, 1.82) is 0 Å². The normalized spacial score (nSPS) is 12.0. The molecular formula is C29H41N3O5. The van der Waals surface area contributed by atoms with Gasteiger partial charge in [0.15, 0.2) is 0 Å². The van der Waals surface area contributed by atoms with Crippen molar-refractivity contribution in [3.63, 3.8) is 0 Å². The van der Waals surface area contributed by atoms with Crippen LogP contribution in [0.4, 0.5) is 5.69 Å². The lowest BCUT2D eigenvalue weighted by atomic mass is 9.84. The van der Waals surface area contributed by atoms with Crippen LogP contribution in [0.2, 0.25) is 0 Å². The summed E-state index contributed by atoms with van der Waals surface area (Å²) in [6.45, 7) is 8.28. The van der Waals surface area contributed by atoms with E-state index in [0.29, 0.717) is 22.7 Å². The van der Waals surface area contributed by atoms with E-state index in [1.54, 1.807) is 38.4 Å². The summed E-state index contributed by atoms with van der Waals surface area (Å²) in [6.07, 6.45) is 3.86. The molecular weight excluding hydrogens is 470 g/mol. The Kier molecular flexibility index (Phi) is 10.5. The quantitative estimate of drug-likeness (QED) is 0.340. The van der Waals surface area contributed by atoms with Crippen LogP contribution >= 0.6 is 0 Å². The fourth-order valence-corrected chi connectivity index (χ4v) is 4.46. The highest BCUT2D eigenvalue weighted by molar-refractivity contribution is 5.98. The molecule has 0 aliphatic carbocycles. The Morgan fingerprint density at radius 3 is 2.22 bits per heavy atom. The minimum Gasteiger partial charge on any atom is -0.496 e. The molecule has 2 aromatic rings. The van der Waals surface area contributed by atoms with Gasteiger partial charge in [-0.25, -0.2) is 0 Å². The summed E-state index contributed by atoms with van der Waals surface area (Å²) in [5.41, 5.74) is 8.33. The number of primary amides is 1. The number of hydrogen-bond acceptors (Lipinski definition) is 5. The summed E-state index contributed by atoms with van der Waals surface area (Å²) in [5, 5.41) is 5.67. The largest absolute Gasteiger partial charge is 0.496 e. The van der Waals surface area contributed by atoms with Crippen LogP contribution in [0, 0.1) is 0 Å². The first kappa shape index (κ1) is 29.7. The Balaban J connectivity index is 2.47. The zero-order valence-electron chi connectivity index (χ0n) is 23.1. The van der Waals surface area contributed by atoms with Crippen LogP contribution in [0.3, 0.4) is 0 Å². The van der Waals surface area contributed by atoms with Gasteiger partial charge in [-0.05, 0) is 47.1 Å². The van der Waals surface area contributed by atoms with Crippen LogP contribution in [0.1, 0.15) is 97.6 Å². The first-order valence-electron chi connectivity index (χ1n) is 12.7. The van der Waals surface area contributed by atoms with Crippen molar-refractivity contribution in [2.24, 2.45) is 5.73 Å². The van der Waals surface area contributed by atoms with Gasteiger partial charge in [0.05, 0.1) is 19.8 Å². The van der Waals surface area contributed by atoms with Gasteiger partial charge in [-0.3, -0.25) is 14.4 Å². The van der Waals surface area contributed by atoms with Crippen molar-refractivity contribution in [3.05, 3.63) is 52.6 Å². The molecule has 3 amide bonds. The van der Waals surface area contributed by atoms with E-state index in [4.69, 9.17) is 15.2 Å². The van der Waals surface area contributed by atoms with Gasteiger partial charge in [-0.15, -0.1) is 0 Å². The molecule has 0 saturated carbocycles. The minimum absolute atomic E-state index is 0.165. The number of unbranched alkanes of at least 4 members (excludes halogenated alkanes) is 2.